The number of oxazole rings is 1. The predicted molar refractivity (Wildman–Crippen MR) is 29.9 cm³/mol. The fourth-order valence-corrected chi connectivity index (χ4v) is 0.863. The van der Waals surface area contributed by atoms with E-state index < -0.39 is 16.1 Å². The summed E-state index contributed by atoms with van der Waals surface area (Å²) in [5, 5.41) is 0. The van der Waals surface area contributed by atoms with Crippen LogP contribution in [-0.2, 0) is 10.3 Å². The first-order chi connectivity index (χ1) is 4.52. The van der Waals surface area contributed by atoms with Gasteiger partial charge in [-0.15, -0.1) is 0 Å². The van der Waals surface area contributed by atoms with E-state index >= 15 is 0 Å². The normalized spacial score (nSPS) is 11.7. The molecule has 10 heavy (non-hydrogen) atoms. The Balaban J connectivity index is 3.47. The van der Waals surface area contributed by atoms with Gasteiger partial charge in [-0.2, -0.15) is 12.4 Å². The van der Waals surface area contributed by atoms with E-state index in [9.17, 15) is 13.2 Å². The largest absolute Gasteiger partial charge is 0.434 e. The van der Waals surface area contributed by atoms with Gasteiger partial charge in [-0.1, -0.05) is 0 Å². The summed E-state index contributed by atoms with van der Waals surface area (Å²) in [7, 11) is -4.48. The minimum absolute atomic E-state index is 0.0764. The second-order valence-corrected chi connectivity index (χ2v) is 2.73. The molecule has 0 unspecified atom stereocenters. The van der Waals surface area contributed by atoms with Crippen LogP contribution in [0.4, 0.5) is 0 Å². The molecular formula is C3H3NO5S. The Morgan fingerprint density at radius 2 is 2.20 bits per heavy atom. The first kappa shape index (κ1) is 7.03. The lowest BCUT2D eigenvalue weighted by Crippen LogP contribution is -2.21. The van der Waals surface area contributed by atoms with Crippen molar-refractivity contribution in [1.29, 1.82) is 0 Å². The van der Waals surface area contributed by atoms with E-state index in [0.717, 1.165) is 12.5 Å². The molecule has 0 bridgehead atoms. The Labute approximate surface area is 55.6 Å². The maximum Gasteiger partial charge on any atom is 0.434 e. The Morgan fingerprint density at radius 1 is 1.60 bits per heavy atom. The molecule has 0 saturated heterocycles. The van der Waals surface area contributed by atoms with E-state index in [2.05, 4.69) is 4.42 Å². The van der Waals surface area contributed by atoms with Gasteiger partial charge < -0.3 is 4.42 Å². The van der Waals surface area contributed by atoms with Gasteiger partial charge in [0, 0.05) is 0 Å². The van der Waals surface area contributed by atoms with E-state index in [1.165, 1.54) is 0 Å². The van der Waals surface area contributed by atoms with Gasteiger partial charge in [0.25, 0.3) is 0 Å². The molecule has 0 saturated carbocycles. The Morgan fingerprint density at radius 3 is 2.40 bits per heavy atom. The first-order valence-electron chi connectivity index (χ1n) is 2.16. The SMILES string of the molecule is O=c1occn1S(=O)(=O)O. The third kappa shape index (κ3) is 1.09. The molecule has 1 rings (SSSR count). The van der Waals surface area contributed by atoms with Crippen LogP contribution < -0.4 is 5.76 Å². The summed E-state index contributed by atoms with van der Waals surface area (Å²) in [4.78, 5) is 10.3. The lowest BCUT2D eigenvalue weighted by Gasteiger charge is -1.88. The highest BCUT2D eigenvalue weighted by Crippen LogP contribution is 1.86. The van der Waals surface area contributed by atoms with Crippen molar-refractivity contribution in [3.05, 3.63) is 23.0 Å². The molecule has 0 atom stereocenters. The molecule has 0 fully saturated rings. The highest BCUT2D eigenvalue weighted by atomic mass is 32.2. The fourth-order valence-electron chi connectivity index (χ4n) is 0.428. The number of nitrogens with zero attached hydrogens (tertiary/aromatic N) is 1. The van der Waals surface area contributed by atoms with Crippen molar-refractivity contribution in [3.63, 3.8) is 0 Å². The molecule has 0 aromatic carbocycles. The molecular weight excluding hydrogens is 162 g/mol. The van der Waals surface area contributed by atoms with Crippen LogP contribution in [0.15, 0.2) is 21.7 Å². The second-order valence-electron chi connectivity index (χ2n) is 1.44. The predicted octanol–water partition coefficient (Wildman–Crippen LogP) is -0.908. The van der Waals surface area contributed by atoms with Gasteiger partial charge in [0.05, 0.1) is 6.20 Å². The first-order valence-corrected chi connectivity index (χ1v) is 3.55. The van der Waals surface area contributed by atoms with Crippen LogP contribution in [0.5, 0.6) is 0 Å². The quantitative estimate of drug-likeness (QED) is 0.544. The van der Waals surface area contributed by atoms with Crippen LogP contribution in [-0.4, -0.2) is 16.9 Å². The number of hydrogen-bond acceptors (Lipinski definition) is 4. The lowest BCUT2D eigenvalue weighted by molar-refractivity contribution is 0.455. The minimum Gasteiger partial charge on any atom is -0.416 e. The van der Waals surface area contributed by atoms with Crippen LogP contribution in [0.2, 0.25) is 0 Å². The zero-order valence-corrected chi connectivity index (χ0v) is 5.41. The van der Waals surface area contributed by atoms with Gasteiger partial charge in [0.15, 0.2) is 0 Å². The average molecular weight is 165 g/mol. The van der Waals surface area contributed by atoms with Gasteiger partial charge in [-0.3, -0.25) is 4.55 Å². The Kier molecular flexibility index (Phi) is 1.38. The van der Waals surface area contributed by atoms with Crippen molar-refractivity contribution in [2.45, 2.75) is 0 Å². The highest BCUT2D eigenvalue weighted by Gasteiger charge is 2.10. The lowest BCUT2D eigenvalue weighted by atomic mass is 11.0. The summed E-state index contributed by atoms with van der Waals surface area (Å²) in [6.07, 6.45) is 1.66. The molecule has 56 valence electrons. The Hall–Kier alpha value is -1.08. The number of aromatic nitrogens is 1. The van der Waals surface area contributed by atoms with Gasteiger partial charge in [-0.25, -0.2) is 4.79 Å². The van der Waals surface area contributed by atoms with Crippen molar-refractivity contribution in [2.24, 2.45) is 0 Å². The van der Waals surface area contributed by atoms with Crippen molar-refractivity contribution in [2.75, 3.05) is 0 Å². The third-order valence-electron chi connectivity index (χ3n) is 0.794. The van der Waals surface area contributed by atoms with Crippen LogP contribution in [0.1, 0.15) is 0 Å². The van der Waals surface area contributed by atoms with Crippen LogP contribution in [0.25, 0.3) is 0 Å². The summed E-state index contributed by atoms with van der Waals surface area (Å²) >= 11 is 0. The zero-order chi connectivity index (χ0) is 7.78. The van der Waals surface area contributed by atoms with Crippen molar-refractivity contribution in [1.82, 2.24) is 3.97 Å². The molecule has 6 nitrogen and oxygen atoms in total. The summed E-state index contributed by atoms with van der Waals surface area (Å²) in [5.41, 5.74) is 0. The standard InChI is InChI=1S/C3H3NO5S/c5-3-4(1-2-9-3)10(6,7)8/h1-2H,(H,6,7,8). The highest BCUT2D eigenvalue weighted by molar-refractivity contribution is 7.84. The van der Waals surface area contributed by atoms with E-state index in [0.29, 0.717) is 0 Å². The average Bonchev–Trinajstić information content (AvgIpc) is 2.11. The van der Waals surface area contributed by atoms with E-state index in [-0.39, 0.29) is 3.97 Å². The van der Waals surface area contributed by atoms with E-state index in [1.807, 2.05) is 0 Å². The maximum absolute atomic E-state index is 10.3. The molecule has 0 aliphatic rings. The molecule has 0 aliphatic heterocycles. The minimum atomic E-state index is -4.48. The number of rotatable bonds is 1. The fraction of sp³-hybridized carbons (Fsp3) is 0. The summed E-state index contributed by atoms with van der Waals surface area (Å²) in [5.74, 6) is -1.14. The van der Waals surface area contributed by atoms with Crippen LogP contribution in [0, 0.1) is 0 Å². The summed E-state index contributed by atoms with van der Waals surface area (Å²) in [6, 6.07) is 0. The third-order valence-corrected chi connectivity index (χ3v) is 1.56. The molecule has 1 heterocycles. The smallest absolute Gasteiger partial charge is 0.416 e. The Bertz CT molecular complexity index is 370. The van der Waals surface area contributed by atoms with E-state index in [4.69, 9.17) is 4.55 Å². The maximum atomic E-state index is 10.3. The number of hydrogen-bond donors (Lipinski definition) is 1. The van der Waals surface area contributed by atoms with Crippen molar-refractivity contribution >= 4 is 10.3 Å². The summed E-state index contributed by atoms with van der Waals surface area (Å²) < 4.78 is 32.7. The molecule has 0 amide bonds. The summed E-state index contributed by atoms with van der Waals surface area (Å²) in [6.45, 7) is 0. The molecule has 0 radical (unpaired) electrons. The zero-order valence-electron chi connectivity index (χ0n) is 4.59. The molecule has 0 spiro atoms. The molecule has 1 aromatic heterocycles. The van der Waals surface area contributed by atoms with Gasteiger partial charge in [0.1, 0.15) is 6.26 Å². The molecule has 1 N–H and O–H groups in total. The second kappa shape index (κ2) is 1.96. The van der Waals surface area contributed by atoms with Crippen LogP contribution in [0.3, 0.4) is 0 Å². The molecule has 7 heteroatoms. The molecule has 1 aromatic rings. The van der Waals surface area contributed by atoms with Crippen LogP contribution >= 0.6 is 0 Å². The van der Waals surface area contributed by atoms with E-state index in [1.54, 1.807) is 0 Å². The molecule has 0 aliphatic carbocycles. The van der Waals surface area contributed by atoms with Crippen molar-refractivity contribution < 1.29 is 17.4 Å². The van der Waals surface area contributed by atoms with Gasteiger partial charge in [0.2, 0.25) is 0 Å². The topological polar surface area (TPSA) is 89.5 Å². The van der Waals surface area contributed by atoms with Gasteiger partial charge in [-0.05, 0) is 0 Å². The van der Waals surface area contributed by atoms with Gasteiger partial charge >= 0.3 is 16.1 Å². The monoisotopic (exact) mass is 165 g/mol. The van der Waals surface area contributed by atoms with Crippen molar-refractivity contribution in [3.8, 4) is 0 Å².